The number of rotatable bonds is 2. The van der Waals surface area contributed by atoms with Gasteiger partial charge in [-0.25, -0.2) is 4.39 Å². The molecule has 0 saturated carbocycles. The second-order valence-corrected chi connectivity index (χ2v) is 5.51. The van der Waals surface area contributed by atoms with E-state index in [2.05, 4.69) is 4.90 Å². The smallest absolute Gasteiger partial charge is 0.194 e. The maximum atomic E-state index is 13.2. The average Bonchev–Trinajstić information content (AvgIpc) is 2.88. The highest BCUT2D eigenvalue weighted by Crippen LogP contribution is 2.26. The molecule has 1 aromatic rings. The zero-order valence-electron chi connectivity index (χ0n) is 10.4. The molecule has 19 heavy (non-hydrogen) atoms. The normalized spacial score (nSPS) is 27.3. The first kappa shape index (κ1) is 13.0. The fourth-order valence-corrected chi connectivity index (χ4v) is 3.05. The summed E-state index contributed by atoms with van der Waals surface area (Å²) in [5, 5.41) is 0.276. The maximum Gasteiger partial charge on any atom is 0.194 e. The van der Waals surface area contributed by atoms with Crippen LogP contribution in [0.1, 0.15) is 23.2 Å². The lowest BCUT2D eigenvalue weighted by Crippen LogP contribution is -2.49. The summed E-state index contributed by atoms with van der Waals surface area (Å²) < 4.78 is 18.9. The Morgan fingerprint density at radius 3 is 3.16 bits per heavy atom. The Balaban J connectivity index is 1.78. The van der Waals surface area contributed by atoms with Crippen molar-refractivity contribution in [2.75, 3.05) is 19.7 Å². The van der Waals surface area contributed by atoms with Gasteiger partial charge in [0.2, 0.25) is 0 Å². The van der Waals surface area contributed by atoms with Crippen molar-refractivity contribution in [3.8, 4) is 0 Å². The van der Waals surface area contributed by atoms with Crippen LogP contribution in [0.15, 0.2) is 18.2 Å². The first-order valence-electron chi connectivity index (χ1n) is 6.50. The first-order chi connectivity index (χ1) is 9.15. The van der Waals surface area contributed by atoms with Gasteiger partial charge in [-0.05, 0) is 37.6 Å². The van der Waals surface area contributed by atoms with E-state index in [0.717, 1.165) is 19.4 Å². The quantitative estimate of drug-likeness (QED) is 0.781. The first-order valence-corrected chi connectivity index (χ1v) is 6.88. The lowest BCUT2D eigenvalue weighted by molar-refractivity contribution is -0.0344. The molecule has 0 amide bonds. The van der Waals surface area contributed by atoms with Crippen LogP contribution in [0.4, 0.5) is 4.39 Å². The minimum Gasteiger partial charge on any atom is -0.367 e. The van der Waals surface area contributed by atoms with Crippen LogP contribution in [-0.2, 0) is 4.74 Å². The third kappa shape index (κ3) is 2.53. The van der Waals surface area contributed by atoms with E-state index in [9.17, 15) is 9.18 Å². The van der Waals surface area contributed by atoms with Gasteiger partial charge in [-0.15, -0.1) is 0 Å². The summed E-state index contributed by atoms with van der Waals surface area (Å²) in [5.74, 6) is -0.683. The van der Waals surface area contributed by atoms with Crippen molar-refractivity contribution in [3.05, 3.63) is 34.6 Å². The van der Waals surface area contributed by atoms with Gasteiger partial charge < -0.3 is 4.74 Å². The molecule has 0 aromatic heterocycles. The predicted molar refractivity (Wildman–Crippen MR) is 70.1 cm³/mol. The number of halogens is 2. The highest BCUT2D eigenvalue weighted by molar-refractivity contribution is 6.34. The van der Waals surface area contributed by atoms with Crippen molar-refractivity contribution in [1.29, 1.82) is 0 Å². The Kier molecular flexibility index (Phi) is 3.56. The van der Waals surface area contributed by atoms with Gasteiger partial charge in [-0.2, -0.15) is 0 Å². The second kappa shape index (κ2) is 5.19. The molecule has 2 aliphatic heterocycles. The lowest BCUT2D eigenvalue weighted by Gasteiger charge is -2.34. The van der Waals surface area contributed by atoms with Crippen molar-refractivity contribution in [2.24, 2.45) is 0 Å². The maximum absolute atomic E-state index is 13.2. The monoisotopic (exact) mass is 283 g/mol. The van der Waals surface area contributed by atoms with E-state index in [0.29, 0.717) is 19.2 Å². The van der Waals surface area contributed by atoms with Crippen LogP contribution in [0.3, 0.4) is 0 Å². The molecule has 0 N–H and O–H groups in total. The number of hydrogen-bond acceptors (Lipinski definition) is 3. The lowest BCUT2D eigenvalue weighted by atomic mass is 10.0. The van der Waals surface area contributed by atoms with Crippen LogP contribution >= 0.6 is 11.6 Å². The molecule has 2 heterocycles. The van der Waals surface area contributed by atoms with Gasteiger partial charge in [-0.3, -0.25) is 9.69 Å². The second-order valence-electron chi connectivity index (χ2n) is 5.10. The van der Waals surface area contributed by atoms with E-state index in [4.69, 9.17) is 16.3 Å². The number of hydrogen-bond donors (Lipinski definition) is 0. The molecule has 2 aliphatic rings. The van der Waals surface area contributed by atoms with E-state index >= 15 is 0 Å². The highest BCUT2D eigenvalue weighted by atomic mass is 35.5. The van der Waals surface area contributed by atoms with Crippen LogP contribution in [-0.4, -0.2) is 42.5 Å². The van der Waals surface area contributed by atoms with E-state index in [-0.39, 0.29) is 16.4 Å². The van der Waals surface area contributed by atoms with Gasteiger partial charge in [-0.1, -0.05) is 11.6 Å². The third-order valence-corrected chi connectivity index (χ3v) is 4.21. The Hall–Kier alpha value is -0.970. The topological polar surface area (TPSA) is 29.5 Å². The van der Waals surface area contributed by atoms with Crippen LogP contribution < -0.4 is 0 Å². The number of fused-ring (bicyclic) bond motifs is 1. The van der Waals surface area contributed by atoms with E-state index in [1.807, 2.05) is 0 Å². The van der Waals surface area contributed by atoms with E-state index in [1.165, 1.54) is 18.2 Å². The average molecular weight is 284 g/mol. The molecule has 2 fully saturated rings. The minimum absolute atomic E-state index is 0.212. The fourth-order valence-electron chi connectivity index (χ4n) is 2.84. The number of ether oxygens (including phenoxy) is 1. The molecule has 3 rings (SSSR count). The predicted octanol–water partition coefficient (Wildman–Crippen LogP) is 2.53. The Labute approximate surface area is 116 Å². The van der Waals surface area contributed by atoms with Crippen LogP contribution in [0, 0.1) is 5.82 Å². The fraction of sp³-hybridized carbons (Fsp3) is 0.500. The number of ketones is 1. The van der Waals surface area contributed by atoms with Crippen molar-refractivity contribution >= 4 is 17.4 Å². The molecule has 5 heteroatoms. The summed E-state index contributed by atoms with van der Waals surface area (Å²) in [6.07, 6.45) is 1.74. The van der Waals surface area contributed by atoms with Crippen LogP contribution in [0.5, 0.6) is 0 Å². The summed E-state index contributed by atoms with van der Waals surface area (Å²) in [7, 11) is 0. The van der Waals surface area contributed by atoms with Gasteiger partial charge in [0.15, 0.2) is 5.78 Å². The number of nitrogens with zero attached hydrogens (tertiary/aromatic N) is 1. The number of benzene rings is 1. The molecule has 0 spiro atoms. The molecule has 1 aromatic carbocycles. The Morgan fingerprint density at radius 2 is 2.32 bits per heavy atom. The molecular weight excluding hydrogens is 269 g/mol. The van der Waals surface area contributed by atoms with Gasteiger partial charge >= 0.3 is 0 Å². The summed E-state index contributed by atoms with van der Waals surface area (Å²) in [4.78, 5) is 14.6. The zero-order chi connectivity index (χ0) is 13.4. The zero-order valence-corrected chi connectivity index (χ0v) is 11.2. The summed E-state index contributed by atoms with van der Waals surface area (Å²) >= 11 is 5.96. The molecular formula is C14H15ClFNO2. The molecule has 2 unspecified atom stereocenters. The van der Waals surface area contributed by atoms with Gasteiger partial charge in [0.1, 0.15) is 11.9 Å². The van der Waals surface area contributed by atoms with Crippen molar-refractivity contribution < 1.29 is 13.9 Å². The molecule has 2 atom stereocenters. The molecule has 0 bridgehead atoms. The Morgan fingerprint density at radius 1 is 1.47 bits per heavy atom. The number of carbonyl (C=O) groups is 1. The minimum atomic E-state index is -0.534. The van der Waals surface area contributed by atoms with Gasteiger partial charge in [0.05, 0.1) is 11.6 Å². The molecule has 0 aliphatic carbocycles. The third-order valence-electron chi connectivity index (χ3n) is 3.88. The standard InChI is InChI=1S/C14H15ClFNO2/c15-12-4-3-9(16)6-11(12)14(18)13-7-17-5-1-2-10(17)8-19-13/h3-4,6,10,13H,1-2,5,7-8H2. The summed E-state index contributed by atoms with van der Waals surface area (Å²) in [6.45, 7) is 2.16. The number of morpholine rings is 1. The Bertz CT molecular complexity index is 508. The molecule has 2 saturated heterocycles. The van der Waals surface area contributed by atoms with Gasteiger partial charge in [0.25, 0.3) is 0 Å². The van der Waals surface area contributed by atoms with E-state index < -0.39 is 11.9 Å². The molecule has 102 valence electrons. The molecule has 3 nitrogen and oxygen atoms in total. The van der Waals surface area contributed by atoms with Crippen molar-refractivity contribution in [3.63, 3.8) is 0 Å². The number of carbonyl (C=O) groups excluding carboxylic acids is 1. The largest absolute Gasteiger partial charge is 0.367 e. The van der Waals surface area contributed by atoms with E-state index in [1.54, 1.807) is 0 Å². The van der Waals surface area contributed by atoms with Crippen LogP contribution in [0.2, 0.25) is 5.02 Å². The highest BCUT2D eigenvalue weighted by Gasteiger charge is 2.36. The van der Waals surface area contributed by atoms with Crippen molar-refractivity contribution in [1.82, 2.24) is 4.90 Å². The SMILES string of the molecule is O=C(c1cc(F)ccc1Cl)C1CN2CCCC2CO1. The van der Waals surface area contributed by atoms with Crippen molar-refractivity contribution in [2.45, 2.75) is 25.0 Å². The van der Waals surface area contributed by atoms with Gasteiger partial charge in [0, 0.05) is 18.2 Å². The summed E-state index contributed by atoms with van der Waals surface area (Å²) in [5.41, 5.74) is 0.212. The molecule has 0 radical (unpaired) electrons. The number of Topliss-reactive ketones (excluding diaryl/α,β-unsaturated/α-hetero) is 1. The van der Waals surface area contributed by atoms with Crippen LogP contribution in [0.25, 0.3) is 0 Å². The summed E-state index contributed by atoms with van der Waals surface area (Å²) in [6, 6.07) is 4.28.